The normalized spacial score (nSPS) is 15.4. The molecule has 1 saturated carbocycles. The van der Waals surface area contributed by atoms with E-state index >= 15 is 0 Å². The van der Waals surface area contributed by atoms with Gasteiger partial charge in [0.1, 0.15) is 11.4 Å². The van der Waals surface area contributed by atoms with Crippen molar-refractivity contribution in [3.8, 4) is 11.3 Å². The zero-order chi connectivity index (χ0) is 20.1. The third kappa shape index (κ3) is 5.39. The van der Waals surface area contributed by atoms with E-state index in [1.165, 1.54) is 38.5 Å². The second-order valence-electron chi connectivity index (χ2n) is 7.70. The lowest BCUT2D eigenvalue weighted by Gasteiger charge is -2.15. The van der Waals surface area contributed by atoms with Crippen molar-refractivity contribution in [1.29, 1.82) is 0 Å². The Morgan fingerprint density at radius 3 is 2.41 bits per heavy atom. The van der Waals surface area contributed by atoms with E-state index in [1.54, 1.807) is 10.9 Å². The Balaban J connectivity index is 1.56. The molecule has 0 aliphatic heterocycles. The zero-order valence-electron chi connectivity index (χ0n) is 16.5. The average Bonchev–Trinajstić information content (AvgIpc) is 2.94. The summed E-state index contributed by atoms with van der Waals surface area (Å²) in [5.41, 5.74) is 3.94. The molecular weight excluding hydrogens is 403 g/mol. The SMILES string of the molecule is Clc1ccc(Cn2nc(CNC3CCCCCC3)c(-c3ccccc3)n2)c(Cl)c1. The van der Waals surface area contributed by atoms with Gasteiger partial charge < -0.3 is 5.32 Å². The summed E-state index contributed by atoms with van der Waals surface area (Å²) in [5.74, 6) is 0. The highest BCUT2D eigenvalue weighted by atomic mass is 35.5. The summed E-state index contributed by atoms with van der Waals surface area (Å²) in [6.45, 7) is 1.24. The van der Waals surface area contributed by atoms with E-state index in [-0.39, 0.29) is 0 Å². The molecule has 152 valence electrons. The number of halogens is 2. The third-order valence-electron chi connectivity index (χ3n) is 5.51. The summed E-state index contributed by atoms with van der Waals surface area (Å²) < 4.78 is 0. The van der Waals surface area contributed by atoms with Crippen molar-refractivity contribution in [2.24, 2.45) is 0 Å². The fourth-order valence-corrected chi connectivity index (χ4v) is 4.39. The molecule has 1 heterocycles. The quantitative estimate of drug-likeness (QED) is 0.481. The van der Waals surface area contributed by atoms with Crippen molar-refractivity contribution in [3.05, 3.63) is 69.8 Å². The van der Waals surface area contributed by atoms with Crippen molar-refractivity contribution < 1.29 is 0 Å². The van der Waals surface area contributed by atoms with Crippen molar-refractivity contribution >= 4 is 23.2 Å². The Bertz CT molecular complexity index is 931. The van der Waals surface area contributed by atoms with Gasteiger partial charge in [-0.3, -0.25) is 0 Å². The summed E-state index contributed by atoms with van der Waals surface area (Å²) in [6, 6.07) is 16.4. The molecule has 6 heteroatoms. The van der Waals surface area contributed by atoms with Gasteiger partial charge in [-0.25, -0.2) is 0 Å². The van der Waals surface area contributed by atoms with Crippen LogP contribution in [0.4, 0.5) is 0 Å². The van der Waals surface area contributed by atoms with Crippen molar-refractivity contribution in [3.63, 3.8) is 0 Å². The maximum atomic E-state index is 6.36. The van der Waals surface area contributed by atoms with Gasteiger partial charge in [0.15, 0.2) is 0 Å². The Kier molecular flexibility index (Phi) is 6.86. The van der Waals surface area contributed by atoms with Gasteiger partial charge in [-0.15, -0.1) is 0 Å². The van der Waals surface area contributed by atoms with Gasteiger partial charge in [0, 0.05) is 28.2 Å². The van der Waals surface area contributed by atoms with Crippen molar-refractivity contribution in [2.45, 2.75) is 57.7 Å². The first kappa shape index (κ1) is 20.4. The lowest BCUT2D eigenvalue weighted by molar-refractivity contribution is 0.453. The van der Waals surface area contributed by atoms with Gasteiger partial charge in [-0.2, -0.15) is 15.0 Å². The Morgan fingerprint density at radius 2 is 1.69 bits per heavy atom. The maximum Gasteiger partial charge on any atom is 0.117 e. The van der Waals surface area contributed by atoms with Crippen LogP contribution in [0.2, 0.25) is 10.0 Å². The van der Waals surface area contributed by atoms with E-state index in [9.17, 15) is 0 Å². The number of benzene rings is 2. The van der Waals surface area contributed by atoms with Crippen LogP contribution < -0.4 is 5.32 Å². The van der Waals surface area contributed by atoms with Crippen LogP contribution in [0.3, 0.4) is 0 Å². The molecule has 0 saturated heterocycles. The number of aromatic nitrogens is 3. The molecule has 0 spiro atoms. The van der Waals surface area contributed by atoms with Gasteiger partial charge in [0.25, 0.3) is 0 Å². The van der Waals surface area contributed by atoms with Crippen LogP contribution in [0.15, 0.2) is 48.5 Å². The summed E-state index contributed by atoms with van der Waals surface area (Å²) in [6.07, 6.45) is 7.82. The highest BCUT2D eigenvalue weighted by molar-refractivity contribution is 6.35. The van der Waals surface area contributed by atoms with E-state index in [0.717, 1.165) is 29.1 Å². The number of hydrogen-bond donors (Lipinski definition) is 1. The number of hydrogen-bond acceptors (Lipinski definition) is 3. The predicted molar refractivity (Wildman–Crippen MR) is 119 cm³/mol. The van der Waals surface area contributed by atoms with Crippen LogP contribution >= 0.6 is 23.2 Å². The van der Waals surface area contributed by atoms with E-state index in [1.807, 2.05) is 30.3 Å². The second kappa shape index (κ2) is 9.75. The van der Waals surface area contributed by atoms with Crippen LogP contribution in [0.5, 0.6) is 0 Å². The van der Waals surface area contributed by atoms with Crippen molar-refractivity contribution in [1.82, 2.24) is 20.3 Å². The fourth-order valence-electron chi connectivity index (χ4n) is 3.92. The predicted octanol–water partition coefficient (Wildman–Crippen LogP) is 6.11. The number of rotatable bonds is 6. The molecule has 4 rings (SSSR count). The highest BCUT2D eigenvalue weighted by Gasteiger charge is 2.17. The molecule has 0 radical (unpaired) electrons. The molecule has 2 aromatic carbocycles. The first-order chi connectivity index (χ1) is 14.2. The molecule has 1 aliphatic rings. The number of nitrogens with zero attached hydrogens (tertiary/aromatic N) is 3. The second-order valence-corrected chi connectivity index (χ2v) is 8.54. The van der Waals surface area contributed by atoms with E-state index in [4.69, 9.17) is 33.4 Å². The molecule has 1 fully saturated rings. The smallest absolute Gasteiger partial charge is 0.117 e. The van der Waals surface area contributed by atoms with Gasteiger partial charge in [0.2, 0.25) is 0 Å². The molecular formula is C23H26Cl2N4. The molecule has 1 aromatic heterocycles. The minimum Gasteiger partial charge on any atom is -0.308 e. The molecule has 0 bridgehead atoms. The Morgan fingerprint density at radius 1 is 0.931 bits per heavy atom. The lowest BCUT2D eigenvalue weighted by Crippen LogP contribution is -2.28. The summed E-state index contributed by atoms with van der Waals surface area (Å²) in [4.78, 5) is 1.74. The molecule has 0 unspecified atom stereocenters. The highest BCUT2D eigenvalue weighted by Crippen LogP contribution is 2.24. The lowest BCUT2D eigenvalue weighted by atomic mass is 10.1. The van der Waals surface area contributed by atoms with E-state index in [0.29, 0.717) is 22.6 Å². The van der Waals surface area contributed by atoms with Crippen LogP contribution in [0.1, 0.15) is 49.8 Å². The van der Waals surface area contributed by atoms with Crippen molar-refractivity contribution in [2.75, 3.05) is 0 Å². The maximum absolute atomic E-state index is 6.36. The summed E-state index contributed by atoms with van der Waals surface area (Å²) in [7, 11) is 0. The topological polar surface area (TPSA) is 42.7 Å². The standard InChI is InChI=1S/C23H26Cl2N4/c24-19-13-12-18(21(25)14-19)16-29-27-22(15-26-20-10-6-1-2-7-11-20)23(28-29)17-8-4-3-5-9-17/h3-5,8-9,12-14,20,26H,1-2,6-7,10-11,15-16H2. The first-order valence-electron chi connectivity index (χ1n) is 10.4. The largest absolute Gasteiger partial charge is 0.308 e. The third-order valence-corrected chi connectivity index (χ3v) is 6.10. The molecule has 0 atom stereocenters. The van der Waals surface area contributed by atoms with Crippen LogP contribution in [0, 0.1) is 0 Å². The van der Waals surface area contributed by atoms with Gasteiger partial charge in [0.05, 0.1) is 6.54 Å². The number of nitrogens with one attached hydrogen (secondary N) is 1. The summed E-state index contributed by atoms with van der Waals surface area (Å²) >= 11 is 12.4. The zero-order valence-corrected chi connectivity index (χ0v) is 18.0. The van der Waals surface area contributed by atoms with Crippen LogP contribution in [-0.2, 0) is 13.1 Å². The van der Waals surface area contributed by atoms with Gasteiger partial charge in [-0.05, 0) is 30.5 Å². The monoisotopic (exact) mass is 428 g/mol. The molecule has 29 heavy (non-hydrogen) atoms. The molecule has 3 aromatic rings. The van der Waals surface area contributed by atoms with Gasteiger partial charge in [-0.1, -0.05) is 85.3 Å². The van der Waals surface area contributed by atoms with Crippen LogP contribution in [-0.4, -0.2) is 21.0 Å². The minimum atomic E-state index is 0.513. The molecule has 1 aliphatic carbocycles. The molecule has 1 N–H and O–H groups in total. The van der Waals surface area contributed by atoms with E-state index in [2.05, 4.69) is 17.4 Å². The van der Waals surface area contributed by atoms with Crippen LogP contribution in [0.25, 0.3) is 11.3 Å². The van der Waals surface area contributed by atoms with E-state index < -0.39 is 0 Å². The summed E-state index contributed by atoms with van der Waals surface area (Å²) in [5, 5.41) is 14.6. The minimum absolute atomic E-state index is 0.513. The fraction of sp³-hybridized carbons (Fsp3) is 0.391. The van der Waals surface area contributed by atoms with Gasteiger partial charge >= 0.3 is 0 Å². The first-order valence-corrected chi connectivity index (χ1v) is 11.1. The Labute approximate surface area is 182 Å². The molecule has 4 nitrogen and oxygen atoms in total. The average molecular weight is 429 g/mol. The Hall–Kier alpha value is -1.88. The molecule has 0 amide bonds.